The van der Waals surface area contributed by atoms with Gasteiger partial charge in [0, 0.05) is 5.33 Å². The van der Waals surface area contributed by atoms with Crippen molar-refractivity contribution in [3.63, 3.8) is 0 Å². The largest absolute Gasteiger partial charge is 0.198 e. The molecule has 0 aliphatic heterocycles. The van der Waals surface area contributed by atoms with E-state index in [2.05, 4.69) is 22.0 Å². The summed E-state index contributed by atoms with van der Waals surface area (Å²) in [7, 11) is 0. The highest BCUT2D eigenvalue weighted by Crippen LogP contribution is 2.15. The van der Waals surface area contributed by atoms with Crippen molar-refractivity contribution in [2.45, 2.75) is 18.2 Å². The molecule has 1 aromatic rings. The Labute approximate surface area is 81.2 Å². The minimum Gasteiger partial charge on any atom is -0.198 e. The molecule has 0 saturated heterocycles. The summed E-state index contributed by atoms with van der Waals surface area (Å²) in [6, 6.07) is 10.3. The Balaban J connectivity index is 2.86. The maximum atomic E-state index is 8.66. The second-order valence-electron chi connectivity index (χ2n) is 2.73. The molecule has 0 aliphatic carbocycles. The van der Waals surface area contributed by atoms with E-state index in [0.717, 1.165) is 10.9 Å². The van der Waals surface area contributed by atoms with E-state index in [1.54, 1.807) is 0 Å². The van der Waals surface area contributed by atoms with Crippen molar-refractivity contribution in [2.75, 3.05) is 0 Å². The van der Waals surface area contributed by atoms with E-state index in [-0.39, 0.29) is 5.92 Å². The Morgan fingerprint density at radius 3 is 2.42 bits per heavy atom. The first-order valence-electron chi connectivity index (χ1n) is 3.82. The maximum Gasteiger partial charge on any atom is 0.0700 e. The van der Waals surface area contributed by atoms with Gasteiger partial charge in [-0.05, 0) is 18.1 Å². The minimum absolute atomic E-state index is 0.00521. The molecule has 1 nitrogen and oxygen atoms in total. The first-order valence-corrected chi connectivity index (χ1v) is 4.94. The number of hydrogen-bond acceptors (Lipinski definition) is 1. The lowest BCUT2D eigenvalue weighted by Gasteiger charge is -2.02. The van der Waals surface area contributed by atoms with Gasteiger partial charge in [0.1, 0.15) is 0 Å². The Hall–Kier alpha value is -0.810. The smallest absolute Gasteiger partial charge is 0.0700 e. The van der Waals surface area contributed by atoms with Crippen molar-refractivity contribution in [1.29, 1.82) is 5.26 Å². The van der Waals surface area contributed by atoms with Crippen molar-refractivity contribution >= 4 is 15.9 Å². The van der Waals surface area contributed by atoms with Crippen LogP contribution in [0.15, 0.2) is 24.3 Å². The normalized spacial score (nSPS) is 12.1. The first-order chi connectivity index (χ1) is 5.77. The van der Waals surface area contributed by atoms with Gasteiger partial charge < -0.3 is 0 Å². The summed E-state index contributed by atoms with van der Waals surface area (Å²) in [5.74, 6) is -0.00521. The third kappa shape index (κ3) is 2.09. The van der Waals surface area contributed by atoms with Crippen LogP contribution in [0.4, 0.5) is 0 Å². The van der Waals surface area contributed by atoms with Gasteiger partial charge in [0.25, 0.3) is 0 Å². The summed E-state index contributed by atoms with van der Waals surface area (Å²) in [5.41, 5.74) is 2.33. The third-order valence-corrected chi connectivity index (χ3v) is 2.48. The number of rotatable bonds is 2. The van der Waals surface area contributed by atoms with E-state index in [1.165, 1.54) is 5.56 Å². The van der Waals surface area contributed by atoms with Crippen molar-refractivity contribution in [1.82, 2.24) is 0 Å². The molecule has 0 heterocycles. The van der Waals surface area contributed by atoms with E-state index in [0.29, 0.717) is 0 Å². The summed E-state index contributed by atoms with van der Waals surface area (Å²) >= 11 is 3.37. The summed E-state index contributed by atoms with van der Waals surface area (Å²) in [6.07, 6.45) is 0. The Morgan fingerprint density at radius 2 is 2.00 bits per heavy atom. The average Bonchev–Trinajstić information content (AvgIpc) is 2.17. The van der Waals surface area contributed by atoms with Crippen molar-refractivity contribution in [3.05, 3.63) is 35.4 Å². The van der Waals surface area contributed by atoms with Gasteiger partial charge in [-0.3, -0.25) is 0 Å². The van der Waals surface area contributed by atoms with Crippen molar-refractivity contribution in [2.24, 2.45) is 0 Å². The Morgan fingerprint density at radius 1 is 1.42 bits per heavy atom. The zero-order chi connectivity index (χ0) is 8.97. The van der Waals surface area contributed by atoms with E-state index in [1.807, 2.05) is 31.2 Å². The zero-order valence-electron chi connectivity index (χ0n) is 6.92. The van der Waals surface area contributed by atoms with Crippen LogP contribution in [-0.2, 0) is 5.33 Å². The third-order valence-electron chi connectivity index (χ3n) is 1.83. The molecule has 2 heteroatoms. The summed E-state index contributed by atoms with van der Waals surface area (Å²) in [6.45, 7) is 1.91. The fourth-order valence-electron chi connectivity index (χ4n) is 0.970. The average molecular weight is 224 g/mol. The number of hydrogen-bond donors (Lipinski definition) is 0. The lowest BCUT2D eigenvalue weighted by Crippen LogP contribution is -1.88. The van der Waals surface area contributed by atoms with Gasteiger partial charge >= 0.3 is 0 Å². The lowest BCUT2D eigenvalue weighted by molar-refractivity contribution is 0.980. The molecule has 0 amide bonds. The quantitative estimate of drug-likeness (QED) is 0.707. The van der Waals surface area contributed by atoms with Gasteiger partial charge in [-0.2, -0.15) is 5.26 Å². The Kier molecular flexibility index (Phi) is 3.31. The fraction of sp³-hybridized carbons (Fsp3) is 0.300. The lowest BCUT2D eigenvalue weighted by atomic mass is 10.0. The number of alkyl halides is 1. The number of nitriles is 1. The van der Waals surface area contributed by atoms with Gasteiger partial charge in [0.2, 0.25) is 0 Å². The van der Waals surface area contributed by atoms with Gasteiger partial charge in [0.15, 0.2) is 0 Å². The first kappa shape index (κ1) is 9.28. The van der Waals surface area contributed by atoms with Crippen LogP contribution in [0.25, 0.3) is 0 Å². The molecule has 0 N–H and O–H groups in total. The number of halogens is 1. The topological polar surface area (TPSA) is 23.8 Å². The highest BCUT2D eigenvalue weighted by atomic mass is 79.9. The summed E-state index contributed by atoms with van der Waals surface area (Å²) < 4.78 is 0. The molecule has 1 aromatic carbocycles. The Bertz CT molecular complexity index is 284. The van der Waals surface area contributed by atoms with Crippen LogP contribution in [0.3, 0.4) is 0 Å². The molecule has 0 bridgehead atoms. The molecular formula is C10H10BrN. The van der Waals surface area contributed by atoms with Crippen LogP contribution in [0.1, 0.15) is 24.0 Å². The van der Waals surface area contributed by atoms with Crippen LogP contribution >= 0.6 is 15.9 Å². The molecule has 0 aliphatic rings. The second kappa shape index (κ2) is 4.27. The molecule has 0 fully saturated rings. The maximum absolute atomic E-state index is 8.66. The van der Waals surface area contributed by atoms with Gasteiger partial charge in [-0.25, -0.2) is 0 Å². The summed E-state index contributed by atoms with van der Waals surface area (Å²) in [4.78, 5) is 0. The number of nitrogens with zero attached hydrogens (tertiary/aromatic N) is 1. The zero-order valence-corrected chi connectivity index (χ0v) is 8.51. The van der Waals surface area contributed by atoms with Gasteiger partial charge in [-0.1, -0.05) is 40.2 Å². The molecule has 0 unspecified atom stereocenters. The van der Waals surface area contributed by atoms with E-state index in [4.69, 9.17) is 5.26 Å². The van der Waals surface area contributed by atoms with Crippen molar-refractivity contribution in [3.8, 4) is 6.07 Å². The van der Waals surface area contributed by atoms with Gasteiger partial charge in [-0.15, -0.1) is 0 Å². The predicted molar refractivity (Wildman–Crippen MR) is 53.1 cm³/mol. The molecular weight excluding hydrogens is 214 g/mol. The minimum atomic E-state index is -0.00521. The SMILES string of the molecule is C[C@@H](C#N)c1ccc(CBr)cc1. The molecule has 0 spiro atoms. The number of benzene rings is 1. The standard InChI is InChI=1S/C10H10BrN/c1-8(7-12)10-4-2-9(6-11)3-5-10/h2-5,8H,6H2,1H3/t8-/m0/s1. The van der Waals surface area contributed by atoms with E-state index in [9.17, 15) is 0 Å². The molecule has 0 radical (unpaired) electrons. The van der Waals surface area contributed by atoms with Crippen LogP contribution in [0.5, 0.6) is 0 Å². The molecule has 62 valence electrons. The predicted octanol–water partition coefficient (Wildman–Crippen LogP) is 3.21. The molecule has 12 heavy (non-hydrogen) atoms. The highest BCUT2D eigenvalue weighted by molar-refractivity contribution is 9.08. The molecule has 1 atom stereocenters. The van der Waals surface area contributed by atoms with Crippen LogP contribution in [0.2, 0.25) is 0 Å². The summed E-state index contributed by atoms with van der Waals surface area (Å²) in [5, 5.41) is 9.52. The van der Waals surface area contributed by atoms with Crippen LogP contribution in [-0.4, -0.2) is 0 Å². The molecule has 0 saturated carbocycles. The van der Waals surface area contributed by atoms with Crippen LogP contribution in [0, 0.1) is 11.3 Å². The van der Waals surface area contributed by atoms with Crippen molar-refractivity contribution < 1.29 is 0 Å². The highest BCUT2D eigenvalue weighted by Gasteiger charge is 2.01. The molecule has 0 aromatic heterocycles. The van der Waals surface area contributed by atoms with Crippen LogP contribution < -0.4 is 0 Å². The van der Waals surface area contributed by atoms with E-state index < -0.39 is 0 Å². The van der Waals surface area contributed by atoms with Gasteiger partial charge in [0.05, 0.1) is 12.0 Å². The van der Waals surface area contributed by atoms with E-state index >= 15 is 0 Å². The monoisotopic (exact) mass is 223 g/mol. The molecule has 1 rings (SSSR count). The fourth-order valence-corrected chi connectivity index (χ4v) is 1.34. The second-order valence-corrected chi connectivity index (χ2v) is 3.29.